The van der Waals surface area contributed by atoms with Crippen LogP contribution in [0.5, 0.6) is 0 Å². The molecule has 0 saturated heterocycles. The zero-order chi connectivity index (χ0) is 25.3. The van der Waals surface area contributed by atoms with Crippen LogP contribution < -0.4 is 0 Å². The van der Waals surface area contributed by atoms with E-state index in [-0.39, 0.29) is 12.2 Å². The van der Waals surface area contributed by atoms with Crippen LogP contribution in [-0.4, -0.2) is 44.7 Å². The second-order valence-corrected chi connectivity index (χ2v) is 11.6. The molecular formula is C27H33F3N4OS. The predicted molar refractivity (Wildman–Crippen MR) is 135 cm³/mol. The number of ketones is 1. The first-order chi connectivity index (χ1) is 17.2. The van der Waals surface area contributed by atoms with Gasteiger partial charge in [-0.25, -0.2) is 4.98 Å². The molecule has 2 aliphatic rings. The lowest BCUT2D eigenvalue weighted by molar-refractivity contribution is -0.134. The van der Waals surface area contributed by atoms with E-state index in [9.17, 15) is 18.0 Å². The third-order valence-electron chi connectivity index (χ3n) is 7.84. The molecule has 1 saturated carbocycles. The molecule has 1 aliphatic carbocycles. The Labute approximate surface area is 213 Å². The average Bonchev–Trinajstić information content (AvgIpc) is 3.44. The number of aryl methyl sites for hydroxylation is 2. The van der Waals surface area contributed by atoms with Gasteiger partial charge in [0.25, 0.3) is 0 Å². The van der Waals surface area contributed by atoms with E-state index in [1.165, 1.54) is 11.3 Å². The summed E-state index contributed by atoms with van der Waals surface area (Å²) in [6.45, 7) is 2.72. The molecular weight excluding hydrogens is 485 g/mol. The Bertz CT molecular complexity index is 1210. The first-order valence-corrected chi connectivity index (χ1v) is 13.8. The molecule has 2 aromatic heterocycles. The number of benzene rings is 1. The van der Waals surface area contributed by atoms with Crippen molar-refractivity contribution < 1.29 is 18.0 Å². The second kappa shape index (κ2) is 10.6. The van der Waals surface area contributed by atoms with Crippen LogP contribution in [0.15, 0.2) is 24.4 Å². The Morgan fingerprint density at radius 1 is 1.17 bits per heavy atom. The second-order valence-electron chi connectivity index (χ2n) is 10.5. The maximum atomic E-state index is 12.9. The van der Waals surface area contributed by atoms with Crippen molar-refractivity contribution in [3.8, 4) is 0 Å². The Kier molecular flexibility index (Phi) is 7.49. The summed E-state index contributed by atoms with van der Waals surface area (Å²) < 4.78 is 39.4. The first kappa shape index (κ1) is 25.4. The normalized spacial score (nSPS) is 21.1. The molecule has 0 spiro atoms. The number of fused-ring (bicyclic) bond motifs is 2. The quantitative estimate of drug-likeness (QED) is 0.326. The van der Waals surface area contributed by atoms with E-state index < -0.39 is 12.6 Å². The van der Waals surface area contributed by atoms with Crippen molar-refractivity contribution in [2.24, 2.45) is 18.9 Å². The molecule has 3 heterocycles. The van der Waals surface area contributed by atoms with Gasteiger partial charge in [0, 0.05) is 55.2 Å². The summed E-state index contributed by atoms with van der Waals surface area (Å²) in [7, 11) is 1.90. The zero-order valence-corrected chi connectivity index (χ0v) is 21.5. The monoisotopic (exact) mass is 518 g/mol. The highest BCUT2D eigenvalue weighted by molar-refractivity contribution is 7.11. The molecule has 0 amide bonds. The van der Waals surface area contributed by atoms with Crippen LogP contribution in [0.4, 0.5) is 13.2 Å². The minimum atomic E-state index is -4.13. The number of carbonyl (C=O) groups is 1. The fraction of sp³-hybridized carbons (Fsp3) is 0.593. The smallest absolute Gasteiger partial charge is 0.297 e. The van der Waals surface area contributed by atoms with Crippen LogP contribution >= 0.6 is 11.3 Å². The van der Waals surface area contributed by atoms with Crippen molar-refractivity contribution in [1.29, 1.82) is 0 Å². The number of carbonyl (C=O) groups excluding carboxylic acids is 1. The van der Waals surface area contributed by atoms with Crippen molar-refractivity contribution in [2.75, 3.05) is 13.1 Å². The standard InChI is InChI=1S/C27H33F3N4OS/c1-33-23-15-20(6-7-21(23)16-31-33)24(35)14-19-4-2-18(3-5-19)9-12-34-13-10-25-22(17-34)32-26(36-25)8-11-27(28,29)30/h6-7,15-16,18-19H,2-5,8-14,17H2,1H3. The van der Waals surface area contributed by atoms with E-state index >= 15 is 0 Å². The number of thiazole rings is 1. The summed E-state index contributed by atoms with van der Waals surface area (Å²) in [5.41, 5.74) is 2.75. The van der Waals surface area contributed by atoms with Gasteiger partial charge in [-0.3, -0.25) is 14.4 Å². The highest BCUT2D eigenvalue weighted by Gasteiger charge is 2.29. The number of rotatable bonds is 8. The zero-order valence-electron chi connectivity index (χ0n) is 20.7. The molecule has 1 aliphatic heterocycles. The van der Waals surface area contributed by atoms with Crippen LogP contribution in [0.2, 0.25) is 0 Å². The number of nitrogens with zero attached hydrogens (tertiary/aromatic N) is 4. The van der Waals surface area contributed by atoms with Crippen LogP contribution in [0.1, 0.15) is 70.9 Å². The third kappa shape index (κ3) is 6.17. The van der Waals surface area contributed by atoms with Gasteiger partial charge in [-0.15, -0.1) is 11.3 Å². The van der Waals surface area contributed by atoms with Crippen LogP contribution in [-0.2, 0) is 26.4 Å². The fourth-order valence-corrected chi connectivity index (χ4v) is 6.71. The van der Waals surface area contributed by atoms with Gasteiger partial charge in [-0.05, 0) is 50.1 Å². The summed E-state index contributed by atoms with van der Waals surface area (Å²) in [5.74, 6) is 1.36. The maximum Gasteiger partial charge on any atom is 0.389 e. The minimum absolute atomic E-state index is 0.00908. The highest BCUT2D eigenvalue weighted by atomic mass is 32.1. The summed E-state index contributed by atoms with van der Waals surface area (Å²) >= 11 is 1.46. The number of halogens is 3. The van der Waals surface area contributed by atoms with E-state index in [1.807, 2.05) is 36.1 Å². The van der Waals surface area contributed by atoms with E-state index in [0.717, 1.165) is 85.2 Å². The molecule has 36 heavy (non-hydrogen) atoms. The lowest BCUT2D eigenvalue weighted by Gasteiger charge is -2.31. The first-order valence-electron chi connectivity index (χ1n) is 12.9. The molecule has 194 valence electrons. The van der Waals surface area contributed by atoms with Crippen molar-refractivity contribution in [3.05, 3.63) is 45.5 Å². The molecule has 1 fully saturated rings. The summed E-state index contributed by atoms with van der Waals surface area (Å²) in [6, 6.07) is 5.86. The van der Waals surface area contributed by atoms with Crippen molar-refractivity contribution in [1.82, 2.24) is 19.7 Å². The maximum absolute atomic E-state index is 12.9. The highest BCUT2D eigenvalue weighted by Crippen LogP contribution is 2.34. The lowest BCUT2D eigenvalue weighted by Crippen LogP contribution is -2.32. The minimum Gasteiger partial charge on any atom is -0.297 e. The number of Topliss-reactive ketones (excluding diaryl/α,β-unsaturated/α-hetero) is 1. The van der Waals surface area contributed by atoms with Crippen molar-refractivity contribution >= 4 is 28.0 Å². The van der Waals surface area contributed by atoms with Gasteiger partial charge in [0.05, 0.1) is 22.4 Å². The van der Waals surface area contributed by atoms with Crippen LogP contribution in [0.3, 0.4) is 0 Å². The Morgan fingerprint density at radius 3 is 2.72 bits per heavy atom. The van der Waals surface area contributed by atoms with Gasteiger partial charge in [0.2, 0.25) is 0 Å². The van der Waals surface area contributed by atoms with E-state index in [4.69, 9.17) is 0 Å². The number of aromatic nitrogens is 3. The van der Waals surface area contributed by atoms with E-state index in [0.29, 0.717) is 23.3 Å². The molecule has 9 heteroatoms. The average molecular weight is 519 g/mol. The Morgan fingerprint density at radius 2 is 1.94 bits per heavy atom. The van der Waals surface area contributed by atoms with Crippen LogP contribution in [0.25, 0.3) is 10.9 Å². The van der Waals surface area contributed by atoms with Gasteiger partial charge >= 0.3 is 6.18 Å². The van der Waals surface area contributed by atoms with Crippen LogP contribution in [0, 0.1) is 11.8 Å². The number of hydrogen-bond donors (Lipinski definition) is 0. The van der Waals surface area contributed by atoms with Crippen molar-refractivity contribution in [2.45, 2.75) is 70.5 Å². The van der Waals surface area contributed by atoms with E-state index in [1.54, 1.807) is 0 Å². The Hall–Kier alpha value is -2.26. The molecule has 3 aromatic rings. The van der Waals surface area contributed by atoms with Gasteiger partial charge in [-0.2, -0.15) is 18.3 Å². The largest absolute Gasteiger partial charge is 0.389 e. The topological polar surface area (TPSA) is 51.0 Å². The van der Waals surface area contributed by atoms with Gasteiger partial charge in [0.1, 0.15) is 0 Å². The van der Waals surface area contributed by atoms with Gasteiger partial charge in [0.15, 0.2) is 5.78 Å². The number of hydrogen-bond acceptors (Lipinski definition) is 5. The SMILES string of the molecule is Cn1ncc2ccc(C(=O)CC3CCC(CCN4CCc5sc(CCC(F)(F)F)nc5C4)CC3)cc21. The van der Waals surface area contributed by atoms with Gasteiger partial charge in [-0.1, -0.05) is 25.0 Å². The lowest BCUT2D eigenvalue weighted by atomic mass is 9.78. The molecule has 0 radical (unpaired) electrons. The molecule has 1 aromatic carbocycles. The third-order valence-corrected chi connectivity index (χ3v) is 9.06. The summed E-state index contributed by atoms with van der Waals surface area (Å²) in [6.07, 6.45) is 4.06. The van der Waals surface area contributed by atoms with E-state index in [2.05, 4.69) is 15.0 Å². The number of alkyl halides is 3. The molecule has 0 bridgehead atoms. The molecule has 5 nitrogen and oxygen atoms in total. The fourth-order valence-electron chi connectivity index (χ4n) is 5.64. The predicted octanol–water partition coefficient (Wildman–Crippen LogP) is 6.35. The summed E-state index contributed by atoms with van der Waals surface area (Å²) in [5, 5.41) is 5.93. The molecule has 5 rings (SSSR count). The van der Waals surface area contributed by atoms with Crippen molar-refractivity contribution in [3.63, 3.8) is 0 Å². The molecule has 0 N–H and O–H groups in total. The van der Waals surface area contributed by atoms with Gasteiger partial charge < -0.3 is 0 Å². The molecule has 0 unspecified atom stereocenters. The Balaban J connectivity index is 1.05. The summed E-state index contributed by atoms with van der Waals surface area (Å²) in [4.78, 5) is 21.0. The molecule has 0 atom stereocenters.